The van der Waals surface area contributed by atoms with Gasteiger partial charge < -0.3 is 10.6 Å². The molecule has 106 valence electrons. The molecule has 1 aromatic rings. The Hall–Kier alpha value is -1.09. The first-order chi connectivity index (χ1) is 9.13. The number of hydrogen-bond donors (Lipinski definition) is 1. The van der Waals surface area contributed by atoms with Crippen LogP contribution >= 0.6 is 0 Å². The molecule has 2 N–H and O–H groups in total. The van der Waals surface area contributed by atoms with Crippen molar-refractivity contribution in [1.29, 1.82) is 0 Å². The molecule has 3 heteroatoms. The summed E-state index contributed by atoms with van der Waals surface area (Å²) in [5.74, 6) is 0.669. The maximum atomic E-state index is 13.5. The van der Waals surface area contributed by atoms with Gasteiger partial charge in [0.1, 0.15) is 5.82 Å². The average Bonchev–Trinajstić information content (AvgIpc) is 3.20. The number of nitrogens with zero attached hydrogens (tertiary/aromatic N) is 1. The highest BCUT2D eigenvalue weighted by molar-refractivity contribution is 5.54. The lowest BCUT2D eigenvalue weighted by Gasteiger charge is -2.26. The van der Waals surface area contributed by atoms with Crippen LogP contribution in [0.5, 0.6) is 0 Å². The zero-order valence-corrected chi connectivity index (χ0v) is 12.0. The van der Waals surface area contributed by atoms with Crippen LogP contribution in [0.3, 0.4) is 0 Å². The van der Waals surface area contributed by atoms with E-state index in [9.17, 15) is 4.39 Å². The maximum Gasteiger partial charge on any atom is 0.123 e. The molecule has 0 bridgehead atoms. The van der Waals surface area contributed by atoms with Crippen molar-refractivity contribution in [1.82, 2.24) is 0 Å². The van der Waals surface area contributed by atoms with E-state index in [4.69, 9.17) is 5.73 Å². The standard InChI is InChI=1S/C16H25FN2/c1-3-15(18)10-13-9-14(17)7-8-16(13)19(4-2)11-12-5-6-12/h7-9,12,15H,3-6,10-11,18H2,1-2H3. The Morgan fingerprint density at radius 3 is 2.68 bits per heavy atom. The van der Waals surface area contributed by atoms with Crippen molar-refractivity contribution in [2.24, 2.45) is 11.7 Å². The van der Waals surface area contributed by atoms with Crippen LogP contribution in [0.15, 0.2) is 18.2 Å². The number of anilines is 1. The van der Waals surface area contributed by atoms with Gasteiger partial charge in [-0.2, -0.15) is 0 Å². The molecule has 1 fully saturated rings. The van der Waals surface area contributed by atoms with Gasteiger partial charge in [-0.1, -0.05) is 6.92 Å². The van der Waals surface area contributed by atoms with E-state index in [1.165, 1.54) is 18.5 Å². The lowest BCUT2D eigenvalue weighted by Crippen LogP contribution is -2.28. The Labute approximate surface area is 115 Å². The highest BCUT2D eigenvalue weighted by Crippen LogP contribution is 2.32. The lowest BCUT2D eigenvalue weighted by molar-refractivity contribution is 0.612. The third kappa shape index (κ3) is 3.93. The van der Waals surface area contributed by atoms with E-state index in [-0.39, 0.29) is 11.9 Å². The van der Waals surface area contributed by atoms with Crippen LogP contribution in [0.4, 0.5) is 10.1 Å². The molecular formula is C16H25FN2. The summed E-state index contributed by atoms with van der Waals surface area (Å²) in [5.41, 5.74) is 8.26. The first-order valence-electron chi connectivity index (χ1n) is 7.43. The fourth-order valence-electron chi connectivity index (χ4n) is 2.46. The minimum atomic E-state index is -0.162. The summed E-state index contributed by atoms with van der Waals surface area (Å²) in [7, 11) is 0. The lowest BCUT2D eigenvalue weighted by atomic mass is 10.0. The van der Waals surface area contributed by atoms with Crippen LogP contribution in [-0.4, -0.2) is 19.1 Å². The smallest absolute Gasteiger partial charge is 0.123 e. The molecule has 0 heterocycles. The molecule has 0 aliphatic heterocycles. The summed E-state index contributed by atoms with van der Waals surface area (Å²) >= 11 is 0. The summed E-state index contributed by atoms with van der Waals surface area (Å²) in [6.45, 7) is 6.30. The van der Waals surface area contributed by atoms with E-state index in [2.05, 4.69) is 18.7 Å². The Balaban J connectivity index is 2.20. The van der Waals surface area contributed by atoms with Gasteiger partial charge >= 0.3 is 0 Å². The maximum absolute atomic E-state index is 13.5. The van der Waals surface area contributed by atoms with Crippen LogP contribution in [-0.2, 0) is 6.42 Å². The number of rotatable bonds is 7. The Bertz CT molecular complexity index is 415. The molecular weight excluding hydrogens is 239 g/mol. The van der Waals surface area contributed by atoms with Crippen molar-refractivity contribution in [3.8, 4) is 0 Å². The quantitative estimate of drug-likeness (QED) is 0.818. The molecule has 0 amide bonds. The summed E-state index contributed by atoms with van der Waals surface area (Å²) in [6.07, 6.45) is 4.35. The summed E-state index contributed by atoms with van der Waals surface area (Å²) in [4.78, 5) is 2.37. The van der Waals surface area contributed by atoms with Gasteiger partial charge in [0.2, 0.25) is 0 Å². The van der Waals surface area contributed by atoms with Gasteiger partial charge in [-0.15, -0.1) is 0 Å². The predicted octanol–water partition coefficient (Wildman–Crippen LogP) is 3.34. The van der Waals surface area contributed by atoms with Crippen LogP contribution < -0.4 is 10.6 Å². The van der Waals surface area contributed by atoms with Crippen molar-refractivity contribution in [3.05, 3.63) is 29.6 Å². The minimum absolute atomic E-state index is 0.111. The van der Waals surface area contributed by atoms with Gasteiger partial charge in [-0.25, -0.2) is 4.39 Å². The highest BCUT2D eigenvalue weighted by atomic mass is 19.1. The summed E-state index contributed by atoms with van der Waals surface area (Å²) in [6, 6.07) is 5.24. The number of benzene rings is 1. The van der Waals surface area contributed by atoms with Crippen LogP contribution in [0, 0.1) is 11.7 Å². The van der Waals surface area contributed by atoms with E-state index in [1.54, 1.807) is 12.1 Å². The van der Waals surface area contributed by atoms with Gasteiger partial charge in [0.15, 0.2) is 0 Å². The van der Waals surface area contributed by atoms with Gasteiger partial charge in [-0.3, -0.25) is 0 Å². The van der Waals surface area contributed by atoms with Crippen LogP contribution in [0.2, 0.25) is 0 Å². The third-order valence-electron chi connectivity index (χ3n) is 3.95. The van der Waals surface area contributed by atoms with Crippen molar-refractivity contribution in [3.63, 3.8) is 0 Å². The van der Waals surface area contributed by atoms with E-state index in [1.807, 2.05) is 6.07 Å². The Morgan fingerprint density at radius 2 is 2.11 bits per heavy atom. The molecule has 1 aromatic carbocycles. The number of halogens is 1. The van der Waals surface area contributed by atoms with Gasteiger partial charge in [0.05, 0.1) is 0 Å². The van der Waals surface area contributed by atoms with E-state index in [0.29, 0.717) is 0 Å². The minimum Gasteiger partial charge on any atom is -0.371 e. The molecule has 0 spiro atoms. The molecule has 1 aliphatic rings. The van der Waals surface area contributed by atoms with Gasteiger partial charge in [0.25, 0.3) is 0 Å². The Kier molecular flexibility index (Phi) is 4.81. The fraction of sp³-hybridized carbons (Fsp3) is 0.625. The second kappa shape index (κ2) is 6.38. The molecule has 2 nitrogen and oxygen atoms in total. The van der Waals surface area contributed by atoms with E-state index < -0.39 is 0 Å². The average molecular weight is 264 g/mol. The molecule has 0 radical (unpaired) electrons. The van der Waals surface area contributed by atoms with Crippen molar-refractivity contribution in [2.45, 2.75) is 45.6 Å². The normalized spacial score (nSPS) is 16.4. The Morgan fingerprint density at radius 1 is 1.37 bits per heavy atom. The van der Waals surface area contributed by atoms with Crippen LogP contribution in [0.25, 0.3) is 0 Å². The molecule has 19 heavy (non-hydrogen) atoms. The summed E-state index contributed by atoms with van der Waals surface area (Å²) < 4.78 is 13.5. The SMILES string of the molecule is CCC(N)Cc1cc(F)ccc1N(CC)CC1CC1. The second-order valence-electron chi connectivity index (χ2n) is 5.63. The highest BCUT2D eigenvalue weighted by Gasteiger charge is 2.25. The molecule has 1 atom stereocenters. The largest absolute Gasteiger partial charge is 0.371 e. The predicted molar refractivity (Wildman–Crippen MR) is 79.0 cm³/mol. The topological polar surface area (TPSA) is 29.3 Å². The molecule has 1 saturated carbocycles. The third-order valence-corrected chi connectivity index (χ3v) is 3.95. The monoisotopic (exact) mass is 264 g/mol. The van der Waals surface area contributed by atoms with Gasteiger partial charge in [0, 0.05) is 24.8 Å². The molecule has 1 unspecified atom stereocenters. The molecule has 0 aromatic heterocycles. The zero-order valence-electron chi connectivity index (χ0n) is 12.0. The van der Waals surface area contributed by atoms with Crippen molar-refractivity contribution >= 4 is 5.69 Å². The zero-order chi connectivity index (χ0) is 13.8. The van der Waals surface area contributed by atoms with Gasteiger partial charge in [-0.05, 0) is 62.3 Å². The molecule has 0 saturated heterocycles. The fourth-order valence-corrected chi connectivity index (χ4v) is 2.46. The van der Waals surface area contributed by atoms with E-state index >= 15 is 0 Å². The number of hydrogen-bond acceptors (Lipinski definition) is 2. The first kappa shape index (κ1) is 14.3. The number of nitrogens with two attached hydrogens (primary N) is 1. The first-order valence-corrected chi connectivity index (χ1v) is 7.43. The van der Waals surface area contributed by atoms with Crippen LogP contribution in [0.1, 0.15) is 38.7 Å². The van der Waals surface area contributed by atoms with Crippen molar-refractivity contribution in [2.75, 3.05) is 18.0 Å². The molecule has 2 rings (SSSR count). The summed E-state index contributed by atoms with van der Waals surface area (Å²) in [5, 5.41) is 0. The van der Waals surface area contributed by atoms with E-state index in [0.717, 1.165) is 37.4 Å². The van der Waals surface area contributed by atoms with Crippen molar-refractivity contribution < 1.29 is 4.39 Å². The second-order valence-corrected chi connectivity index (χ2v) is 5.63. The molecule has 1 aliphatic carbocycles.